The molecule has 1 aromatic heterocycles. The van der Waals surface area contributed by atoms with Gasteiger partial charge in [0.15, 0.2) is 0 Å². The Bertz CT molecular complexity index is 687. The molecule has 0 saturated heterocycles. The molecule has 6 nitrogen and oxygen atoms in total. The Morgan fingerprint density at radius 3 is 2.55 bits per heavy atom. The fourth-order valence-electron chi connectivity index (χ4n) is 1.73. The number of nitrogens with zero attached hydrogens (tertiary/aromatic N) is 2. The average Bonchev–Trinajstić information content (AvgIpc) is 2.42. The van der Waals surface area contributed by atoms with Crippen LogP contribution in [0.25, 0.3) is 0 Å². The smallest absolute Gasteiger partial charge is 0.264 e. The zero-order valence-electron chi connectivity index (χ0n) is 11.3. The van der Waals surface area contributed by atoms with E-state index in [-0.39, 0.29) is 10.8 Å². The largest absolute Gasteiger partial charge is 0.316 e. The maximum absolute atomic E-state index is 12.3. The molecule has 0 unspecified atom stereocenters. The van der Waals surface area contributed by atoms with Crippen molar-refractivity contribution in [3.8, 4) is 0 Å². The van der Waals surface area contributed by atoms with Gasteiger partial charge in [0.2, 0.25) is 5.95 Å². The van der Waals surface area contributed by atoms with E-state index in [2.05, 4.69) is 20.0 Å². The number of anilines is 1. The van der Waals surface area contributed by atoms with Crippen molar-refractivity contribution >= 4 is 16.0 Å². The predicted molar refractivity (Wildman–Crippen MR) is 76.8 cm³/mol. The maximum Gasteiger partial charge on any atom is 0.264 e. The minimum Gasteiger partial charge on any atom is -0.316 e. The summed E-state index contributed by atoms with van der Waals surface area (Å²) in [5, 5.41) is 3.01. The van der Waals surface area contributed by atoms with E-state index in [1.54, 1.807) is 24.3 Å². The number of sulfonamides is 1. The van der Waals surface area contributed by atoms with E-state index in [1.807, 2.05) is 14.0 Å². The summed E-state index contributed by atoms with van der Waals surface area (Å²) in [5.41, 5.74) is 1.97. The highest BCUT2D eigenvalue weighted by Gasteiger charge is 2.16. The molecule has 20 heavy (non-hydrogen) atoms. The average molecular weight is 292 g/mol. The molecule has 2 rings (SSSR count). The van der Waals surface area contributed by atoms with Crippen molar-refractivity contribution in [3.63, 3.8) is 0 Å². The molecule has 0 aliphatic heterocycles. The van der Waals surface area contributed by atoms with E-state index in [9.17, 15) is 8.42 Å². The van der Waals surface area contributed by atoms with Crippen LogP contribution < -0.4 is 10.0 Å². The normalized spacial score (nSPS) is 11.3. The highest BCUT2D eigenvalue weighted by atomic mass is 32.2. The first-order chi connectivity index (χ1) is 9.53. The number of aryl methyl sites for hydroxylation is 1. The molecule has 2 aromatic rings. The molecule has 0 saturated carbocycles. The monoisotopic (exact) mass is 292 g/mol. The van der Waals surface area contributed by atoms with Crippen molar-refractivity contribution in [2.24, 2.45) is 0 Å². The Hall–Kier alpha value is -1.99. The van der Waals surface area contributed by atoms with Crippen LogP contribution in [0.5, 0.6) is 0 Å². The van der Waals surface area contributed by atoms with Gasteiger partial charge in [0, 0.05) is 18.9 Å². The summed E-state index contributed by atoms with van der Waals surface area (Å²) < 4.78 is 26.9. The second kappa shape index (κ2) is 5.98. The van der Waals surface area contributed by atoms with Crippen LogP contribution in [0.2, 0.25) is 0 Å². The summed E-state index contributed by atoms with van der Waals surface area (Å²) in [5.74, 6) is 0.0586. The standard InChI is InChI=1S/C13H16N4O2S/c1-10-4-5-12(8-11(10)9-14-2)20(18,19)17-13-15-6-3-7-16-13/h3-8,14H,9H2,1-2H3,(H,15,16,17). The zero-order valence-corrected chi connectivity index (χ0v) is 12.1. The van der Waals surface area contributed by atoms with Crippen LogP contribution in [-0.2, 0) is 16.6 Å². The van der Waals surface area contributed by atoms with Crippen LogP contribution >= 0.6 is 0 Å². The molecule has 0 atom stereocenters. The lowest BCUT2D eigenvalue weighted by Gasteiger charge is -2.10. The fraction of sp³-hybridized carbons (Fsp3) is 0.231. The Balaban J connectivity index is 2.32. The van der Waals surface area contributed by atoms with Crippen molar-refractivity contribution in [1.82, 2.24) is 15.3 Å². The maximum atomic E-state index is 12.3. The third kappa shape index (κ3) is 3.31. The molecule has 0 amide bonds. The highest BCUT2D eigenvalue weighted by Crippen LogP contribution is 2.17. The van der Waals surface area contributed by atoms with Gasteiger partial charge < -0.3 is 5.32 Å². The first-order valence-corrected chi connectivity index (χ1v) is 7.55. The third-order valence-electron chi connectivity index (χ3n) is 2.79. The summed E-state index contributed by atoms with van der Waals surface area (Å²) in [4.78, 5) is 7.90. The van der Waals surface area contributed by atoms with E-state index in [4.69, 9.17) is 0 Å². The quantitative estimate of drug-likeness (QED) is 0.868. The number of nitrogens with one attached hydrogen (secondary N) is 2. The molecule has 0 fully saturated rings. The Labute approximate surface area is 118 Å². The zero-order chi connectivity index (χ0) is 14.6. The SMILES string of the molecule is CNCc1cc(S(=O)(=O)Nc2ncccn2)ccc1C. The van der Waals surface area contributed by atoms with Crippen LogP contribution in [0, 0.1) is 6.92 Å². The number of hydrogen-bond acceptors (Lipinski definition) is 5. The van der Waals surface area contributed by atoms with Gasteiger partial charge in [-0.05, 0) is 43.3 Å². The van der Waals surface area contributed by atoms with Gasteiger partial charge in [-0.25, -0.2) is 23.1 Å². The molecule has 106 valence electrons. The molecule has 1 heterocycles. The highest BCUT2D eigenvalue weighted by molar-refractivity contribution is 7.92. The van der Waals surface area contributed by atoms with Gasteiger partial charge in [-0.3, -0.25) is 0 Å². The van der Waals surface area contributed by atoms with Crippen LogP contribution in [-0.4, -0.2) is 25.4 Å². The second-order valence-corrected chi connectivity index (χ2v) is 5.98. The fourth-order valence-corrected chi connectivity index (χ4v) is 2.74. The number of benzene rings is 1. The predicted octanol–water partition coefficient (Wildman–Crippen LogP) is 1.31. The van der Waals surface area contributed by atoms with E-state index in [1.165, 1.54) is 12.4 Å². The van der Waals surface area contributed by atoms with Crippen LogP contribution in [0.4, 0.5) is 5.95 Å². The van der Waals surface area contributed by atoms with Crippen molar-refractivity contribution in [2.45, 2.75) is 18.4 Å². The molecular weight excluding hydrogens is 276 g/mol. The summed E-state index contributed by atoms with van der Waals surface area (Å²) >= 11 is 0. The molecule has 2 N–H and O–H groups in total. The lowest BCUT2D eigenvalue weighted by atomic mass is 10.1. The molecule has 0 aliphatic rings. The van der Waals surface area contributed by atoms with Gasteiger partial charge in [0.25, 0.3) is 10.0 Å². The van der Waals surface area contributed by atoms with Crippen molar-refractivity contribution in [3.05, 3.63) is 47.8 Å². The van der Waals surface area contributed by atoms with Gasteiger partial charge >= 0.3 is 0 Å². The minimum atomic E-state index is -3.67. The first-order valence-electron chi connectivity index (χ1n) is 6.07. The molecule has 1 aromatic carbocycles. The summed E-state index contributed by atoms with van der Waals surface area (Å²) in [6, 6.07) is 6.62. The van der Waals surface area contributed by atoms with Gasteiger partial charge in [-0.1, -0.05) is 6.07 Å². The number of aromatic nitrogens is 2. The molecule has 0 spiro atoms. The van der Waals surface area contributed by atoms with Crippen molar-refractivity contribution in [2.75, 3.05) is 11.8 Å². The summed E-state index contributed by atoms with van der Waals surface area (Å²) in [6.07, 6.45) is 2.96. The molecule has 0 aliphatic carbocycles. The minimum absolute atomic E-state index is 0.0586. The first kappa shape index (κ1) is 14.4. The molecular formula is C13H16N4O2S. The van der Waals surface area contributed by atoms with E-state index >= 15 is 0 Å². The Kier molecular flexibility index (Phi) is 4.31. The van der Waals surface area contributed by atoms with Gasteiger partial charge in [0.1, 0.15) is 0 Å². The van der Waals surface area contributed by atoms with Gasteiger partial charge in [-0.2, -0.15) is 0 Å². The van der Waals surface area contributed by atoms with Gasteiger partial charge in [-0.15, -0.1) is 0 Å². The molecule has 0 bridgehead atoms. The second-order valence-electron chi connectivity index (χ2n) is 4.30. The Morgan fingerprint density at radius 1 is 1.20 bits per heavy atom. The van der Waals surface area contributed by atoms with E-state index in [0.717, 1.165) is 11.1 Å². The lowest BCUT2D eigenvalue weighted by Crippen LogP contribution is -2.16. The van der Waals surface area contributed by atoms with Crippen molar-refractivity contribution < 1.29 is 8.42 Å². The summed E-state index contributed by atoms with van der Waals surface area (Å²) in [6.45, 7) is 2.55. The molecule has 7 heteroatoms. The van der Waals surface area contributed by atoms with Crippen LogP contribution in [0.3, 0.4) is 0 Å². The lowest BCUT2D eigenvalue weighted by molar-refractivity contribution is 0.600. The molecule has 0 radical (unpaired) electrons. The number of hydrogen-bond donors (Lipinski definition) is 2. The van der Waals surface area contributed by atoms with Crippen molar-refractivity contribution in [1.29, 1.82) is 0 Å². The third-order valence-corrected chi connectivity index (χ3v) is 4.12. The number of rotatable bonds is 5. The van der Waals surface area contributed by atoms with Crippen LogP contribution in [0.15, 0.2) is 41.6 Å². The summed E-state index contributed by atoms with van der Waals surface area (Å²) in [7, 11) is -1.86. The van der Waals surface area contributed by atoms with E-state index < -0.39 is 10.0 Å². The van der Waals surface area contributed by atoms with Gasteiger partial charge in [0.05, 0.1) is 4.90 Å². The topological polar surface area (TPSA) is 84.0 Å². The Morgan fingerprint density at radius 2 is 1.90 bits per heavy atom. The van der Waals surface area contributed by atoms with E-state index in [0.29, 0.717) is 6.54 Å². The van der Waals surface area contributed by atoms with Crippen LogP contribution in [0.1, 0.15) is 11.1 Å².